The summed E-state index contributed by atoms with van der Waals surface area (Å²) < 4.78 is 2.65. The number of thiophene rings is 1. The zero-order chi connectivity index (χ0) is 28.6. The van der Waals surface area contributed by atoms with Crippen LogP contribution in [0.3, 0.4) is 0 Å². The summed E-state index contributed by atoms with van der Waals surface area (Å²) in [5.41, 5.74) is 7.63. The molecule has 0 aliphatic heterocycles. The molecule has 0 spiro atoms. The van der Waals surface area contributed by atoms with Gasteiger partial charge in [0, 0.05) is 36.9 Å². The molecule has 0 aliphatic rings. The van der Waals surface area contributed by atoms with Crippen LogP contribution in [0.4, 0.5) is 0 Å². The summed E-state index contributed by atoms with van der Waals surface area (Å²) in [4.78, 5) is 14.7. The first-order chi connectivity index (χ1) is 21.3. The Kier molecular flexibility index (Phi) is 6.32. The zero-order valence-electron chi connectivity index (χ0n) is 23.2. The fraction of sp³-hybridized carbons (Fsp3) is 0. The van der Waals surface area contributed by atoms with Crippen molar-refractivity contribution in [3.63, 3.8) is 0 Å². The van der Waals surface area contributed by atoms with E-state index < -0.39 is 0 Å². The van der Waals surface area contributed by atoms with E-state index in [1.54, 1.807) is 0 Å². The maximum Gasteiger partial charge on any atom is 0.164 e. The summed E-state index contributed by atoms with van der Waals surface area (Å²) in [5, 5.41) is 2.64. The van der Waals surface area contributed by atoms with Crippen LogP contribution < -0.4 is 0 Å². The van der Waals surface area contributed by atoms with Gasteiger partial charge in [-0.15, -0.1) is 11.3 Å². The Bertz CT molecular complexity index is 2160. The third kappa shape index (κ3) is 4.78. The van der Waals surface area contributed by atoms with Crippen molar-refractivity contribution in [2.75, 3.05) is 0 Å². The van der Waals surface area contributed by atoms with Crippen LogP contribution in [0, 0.1) is 0 Å². The second kappa shape index (κ2) is 10.8. The van der Waals surface area contributed by atoms with Crippen LogP contribution in [0.25, 0.3) is 76.6 Å². The number of rotatable bonds is 5. The van der Waals surface area contributed by atoms with Gasteiger partial charge in [0.15, 0.2) is 17.5 Å². The van der Waals surface area contributed by atoms with Crippen molar-refractivity contribution in [1.82, 2.24) is 15.0 Å². The molecule has 2 aromatic heterocycles. The van der Waals surface area contributed by atoms with E-state index in [-0.39, 0.29) is 0 Å². The molecule has 0 N–H and O–H groups in total. The summed E-state index contributed by atoms with van der Waals surface area (Å²) in [6, 6.07) is 52.7. The quantitative estimate of drug-likeness (QED) is 0.208. The minimum atomic E-state index is 0.655. The monoisotopic (exact) mass is 567 g/mol. The van der Waals surface area contributed by atoms with Crippen LogP contribution in [-0.4, -0.2) is 15.0 Å². The normalized spacial score (nSPS) is 11.3. The van der Waals surface area contributed by atoms with E-state index in [4.69, 9.17) is 15.0 Å². The standard InChI is InChI=1S/C39H25N3S/c1-3-11-28(12-4-1)37-40-38(29-13-5-2-6-14-29)42-39(41-37)31-16-9-15-30(25-31)26-21-23-27(24-22-26)32-18-10-19-34-33-17-7-8-20-35(33)43-36(32)34/h1-25H. The van der Waals surface area contributed by atoms with Gasteiger partial charge in [0.2, 0.25) is 0 Å². The maximum atomic E-state index is 4.91. The highest BCUT2D eigenvalue weighted by Gasteiger charge is 2.14. The first kappa shape index (κ1) is 25.3. The Hall–Kier alpha value is -5.45. The third-order valence-electron chi connectivity index (χ3n) is 7.75. The number of hydrogen-bond acceptors (Lipinski definition) is 4. The van der Waals surface area contributed by atoms with E-state index in [9.17, 15) is 0 Å². The molecule has 0 atom stereocenters. The number of fused-ring (bicyclic) bond motifs is 3. The van der Waals surface area contributed by atoms with E-state index in [1.165, 1.54) is 31.3 Å². The van der Waals surface area contributed by atoms with Gasteiger partial charge in [0.05, 0.1) is 0 Å². The van der Waals surface area contributed by atoms with Gasteiger partial charge in [-0.2, -0.15) is 0 Å². The molecule has 0 bridgehead atoms. The maximum absolute atomic E-state index is 4.91. The molecule has 0 unspecified atom stereocenters. The van der Waals surface area contributed by atoms with Gasteiger partial charge in [-0.3, -0.25) is 0 Å². The van der Waals surface area contributed by atoms with E-state index in [0.717, 1.165) is 27.8 Å². The smallest absolute Gasteiger partial charge is 0.164 e. The van der Waals surface area contributed by atoms with Crippen LogP contribution >= 0.6 is 11.3 Å². The lowest BCUT2D eigenvalue weighted by Gasteiger charge is -2.10. The fourth-order valence-electron chi connectivity index (χ4n) is 5.59. The Labute approximate surface area is 253 Å². The Morgan fingerprint density at radius 1 is 0.349 bits per heavy atom. The summed E-state index contributed by atoms with van der Waals surface area (Å²) >= 11 is 1.86. The van der Waals surface area contributed by atoms with E-state index in [1.807, 2.05) is 72.0 Å². The van der Waals surface area contributed by atoms with Gasteiger partial charge in [0.1, 0.15) is 0 Å². The Morgan fingerprint density at radius 2 is 0.860 bits per heavy atom. The summed E-state index contributed by atoms with van der Waals surface area (Å²) in [7, 11) is 0. The summed E-state index contributed by atoms with van der Waals surface area (Å²) in [5.74, 6) is 1.98. The van der Waals surface area contributed by atoms with Crippen molar-refractivity contribution < 1.29 is 0 Å². The van der Waals surface area contributed by atoms with Crippen molar-refractivity contribution >= 4 is 31.5 Å². The van der Waals surface area contributed by atoms with Gasteiger partial charge in [-0.1, -0.05) is 140 Å². The van der Waals surface area contributed by atoms with Crippen molar-refractivity contribution in [2.24, 2.45) is 0 Å². The molecule has 0 saturated carbocycles. The van der Waals surface area contributed by atoms with Crippen molar-refractivity contribution in [2.45, 2.75) is 0 Å². The molecule has 0 aliphatic carbocycles. The average Bonchev–Trinajstić information content (AvgIpc) is 3.48. The molecule has 0 amide bonds. The number of hydrogen-bond donors (Lipinski definition) is 0. The van der Waals surface area contributed by atoms with Crippen molar-refractivity contribution in [1.29, 1.82) is 0 Å². The second-order valence-corrected chi connectivity index (χ2v) is 11.5. The molecule has 0 saturated heterocycles. The highest BCUT2D eigenvalue weighted by molar-refractivity contribution is 7.26. The molecule has 4 heteroatoms. The molecule has 0 radical (unpaired) electrons. The SMILES string of the molecule is c1ccc(-c2nc(-c3ccccc3)nc(-c3cccc(-c4ccc(-c5cccc6c5sc5ccccc56)cc4)c3)n2)cc1. The van der Waals surface area contributed by atoms with Crippen LogP contribution in [0.15, 0.2) is 152 Å². The number of aromatic nitrogens is 3. The fourth-order valence-corrected chi connectivity index (χ4v) is 6.83. The molecule has 3 nitrogen and oxygen atoms in total. The van der Waals surface area contributed by atoms with Crippen LogP contribution in [0.5, 0.6) is 0 Å². The molecule has 8 aromatic rings. The van der Waals surface area contributed by atoms with E-state index in [0.29, 0.717) is 17.5 Å². The molecular weight excluding hydrogens is 543 g/mol. The largest absolute Gasteiger partial charge is 0.208 e. The van der Waals surface area contributed by atoms with Gasteiger partial charge >= 0.3 is 0 Å². The van der Waals surface area contributed by atoms with Crippen LogP contribution in [-0.2, 0) is 0 Å². The molecule has 0 fully saturated rings. The molecule has 43 heavy (non-hydrogen) atoms. The summed E-state index contributed by atoms with van der Waals surface area (Å²) in [6.07, 6.45) is 0. The van der Waals surface area contributed by atoms with E-state index >= 15 is 0 Å². The predicted molar refractivity (Wildman–Crippen MR) is 180 cm³/mol. The lowest BCUT2D eigenvalue weighted by molar-refractivity contribution is 1.07. The van der Waals surface area contributed by atoms with Crippen LogP contribution in [0.2, 0.25) is 0 Å². The lowest BCUT2D eigenvalue weighted by Crippen LogP contribution is -2.00. The minimum absolute atomic E-state index is 0.655. The first-order valence-corrected chi connectivity index (χ1v) is 15.1. The zero-order valence-corrected chi connectivity index (χ0v) is 24.0. The summed E-state index contributed by atoms with van der Waals surface area (Å²) in [6.45, 7) is 0. The Morgan fingerprint density at radius 3 is 1.56 bits per heavy atom. The van der Waals surface area contributed by atoms with Crippen LogP contribution in [0.1, 0.15) is 0 Å². The molecule has 202 valence electrons. The highest BCUT2D eigenvalue weighted by atomic mass is 32.1. The molecule has 8 rings (SSSR count). The average molecular weight is 568 g/mol. The lowest BCUT2D eigenvalue weighted by atomic mass is 9.98. The number of nitrogens with zero attached hydrogens (tertiary/aromatic N) is 3. The topological polar surface area (TPSA) is 38.7 Å². The third-order valence-corrected chi connectivity index (χ3v) is 8.97. The number of benzene rings is 6. The Balaban J connectivity index is 1.18. The van der Waals surface area contributed by atoms with Gasteiger partial charge in [-0.25, -0.2) is 15.0 Å². The van der Waals surface area contributed by atoms with Gasteiger partial charge in [0.25, 0.3) is 0 Å². The van der Waals surface area contributed by atoms with Gasteiger partial charge < -0.3 is 0 Å². The van der Waals surface area contributed by atoms with Crippen molar-refractivity contribution in [3.05, 3.63) is 152 Å². The van der Waals surface area contributed by atoms with Crippen molar-refractivity contribution in [3.8, 4) is 56.4 Å². The van der Waals surface area contributed by atoms with Gasteiger partial charge in [-0.05, 0) is 34.4 Å². The van der Waals surface area contributed by atoms with E-state index in [2.05, 4.69) is 91.0 Å². The molecule has 2 heterocycles. The highest BCUT2D eigenvalue weighted by Crippen LogP contribution is 2.40. The molecule has 6 aromatic carbocycles. The first-order valence-electron chi connectivity index (χ1n) is 14.3. The predicted octanol–water partition coefficient (Wildman–Crippen LogP) is 10.6. The molecular formula is C39H25N3S. The second-order valence-electron chi connectivity index (χ2n) is 10.5. The minimum Gasteiger partial charge on any atom is -0.208 e.